The molecule has 0 unspecified atom stereocenters. The van der Waals surface area contributed by atoms with E-state index >= 15 is 0 Å². The van der Waals surface area contributed by atoms with Gasteiger partial charge in [-0.05, 0) is 55.3 Å². The summed E-state index contributed by atoms with van der Waals surface area (Å²) in [6.45, 7) is 4.09. The Bertz CT molecular complexity index is 556. The van der Waals surface area contributed by atoms with Crippen molar-refractivity contribution in [2.24, 2.45) is 4.99 Å². The Labute approximate surface area is 108 Å². The molecule has 0 saturated carbocycles. The average Bonchev–Trinajstić information content (AvgIpc) is 2.41. The zero-order valence-corrected chi connectivity index (χ0v) is 11.0. The molecule has 0 bridgehead atoms. The van der Waals surface area contributed by atoms with Crippen molar-refractivity contribution in [3.05, 3.63) is 59.7 Å². The maximum atomic E-state index is 5.15. The first-order valence-corrected chi connectivity index (χ1v) is 5.96. The summed E-state index contributed by atoms with van der Waals surface area (Å²) in [5.41, 5.74) is 4.32. The van der Waals surface area contributed by atoms with E-state index in [1.807, 2.05) is 49.4 Å². The van der Waals surface area contributed by atoms with Gasteiger partial charge in [0.25, 0.3) is 0 Å². The van der Waals surface area contributed by atoms with Gasteiger partial charge >= 0.3 is 0 Å². The standard InChI is InChI=1S/C16H17NO/c1-12-6-4-5-7-16(12)17-13(2)14-8-10-15(18-3)11-9-14/h4-11H,1-3H3. The van der Waals surface area contributed by atoms with Crippen LogP contribution in [0.2, 0.25) is 0 Å². The van der Waals surface area contributed by atoms with Gasteiger partial charge in [-0.3, -0.25) is 4.99 Å². The smallest absolute Gasteiger partial charge is 0.118 e. The average molecular weight is 239 g/mol. The molecule has 0 aliphatic rings. The highest BCUT2D eigenvalue weighted by Gasteiger charge is 2.00. The molecule has 0 aliphatic carbocycles. The molecule has 2 nitrogen and oxygen atoms in total. The van der Waals surface area contributed by atoms with Crippen LogP contribution < -0.4 is 4.74 Å². The number of rotatable bonds is 3. The Balaban J connectivity index is 2.30. The Kier molecular flexibility index (Phi) is 3.78. The van der Waals surface area contributed by atoms with Crippen LogP contribution in [0, 0.1) is 6.92 Å². The van der Waals surface area contributed by atoms with Gasteiger partial charge in [-0.2, -0.15) is 0 Å². The largest absolute Gasteiger partial charge is 0.497 e. The van der Waals surface area contributed by atoms with Crippen LogP contribution in [0.25, 0.3) is 0 Å². The van der Waals surface area contributed by atoms with Gasteiger partial charge < -0.3 is 4.74 Å². The first kappa shape index (κ1) is 12.4. The molecule has 92 valence electrons. The Morgan fingerprint density at radius 3 is 2.28 bits per heavy atom. The minimum atomic E-state index is 0.863. The normalized spacial score (nSPS) is 11.4. The molecule has 2 rings (SSSR count). The van der Waals surface area contributed by atoms with E-state index in [0.29, 0.717) is 0 Å². The SMILES string of the molecule is COc1ccc(C(C)=Nc2ccccc2C)cc1. The molecule has 2 heteroatoms. The summed E-state index contributed by atoms with van der Waals surface area (Å²) < 4.78 is 5.15. The van der Waals surface area contributed by atoms with Gasteiger partial charge in [-0.1, -0.05) is 18.2 Å². The number of aliphatic imine (C=N–C) groups is 1. The van der Waals surface area contributed by atoms with Crippen LogP contribution in [0.1, 0.15) is 18.1 Å². The number of ether oxygens (including phenoxy) is 1. The van der Waals surface area contributed by atoms with Crippen LogP contribution in [0.15, 0.2) is 53.5 Å². The molecular weight excluding hydrogens is 222 g/mol. The molecule has 0 radical (unpaired) electrons. The summed E-state index contributed by atoms with van der Waals surface area (Å²) in [6.07, 6.45) is 0. The van der Waals surface area contributed by atoms with E-state index in [0.717, 1.165) is 22.7 Å². The maximum absolute atomic E-state index is 5.15. The van der Waals surface area contributed by atoms with Gasteiger partial charge in [0.2, 0.25) is 0 Å². The minimum Gasteiger partial charge on any atom is -0.497 e. The first-order valence-electron chi connectivity index (χ1n) is 5.96. The second-order valence-corrected chi connectivity index (χ2v) is 4.21. The fraction of sp³-hybridized carbons (Fsp3) is 0.188. The van der Waals surface area contributed by atoms with Crippen molar-refractivity contribution in [3.8, 4) is 5.75 Å². The molecule has 0 heterocycles. The molecule has 0 fully saturated rings. The predicted octanol–water partition coefficient (Wildman–Crippen LogP) is 4.14. The highest BCUT2D eigenvalue weighted by molar-refractivity contribution is 6.00. The van der Waals surface area contributed by atoms with Gasteiger partial charge in [-0.15, -0.1) is 0 Å². The molecule has 0 saturated heterocycles. The summed E-state index contributed by atoms with van der Waals surface area (Å²) in [5, 5.41) is 0. The van der Waals surface area contributed by atoms with Crippen molar-refractivity contribution >= 4 is 11.4 Å². The number of aryl methyl sites for hydroxylation is 1. The van der Waals surface area contributed by atoms with E-state index in [1.54, 1.807) is 7.11 Å². The number of hydrogen-bond acceptors (Lipinski definition) is 2. The highest BCUT2D eigenvalue weighted by Crippen LogP contribution is 2.19. The van der Waals surface area contributed by atoms with Crippen LogP contribution in [-0.4, -0.2) is 12.8 Å². The van der Waals surface area contributed by atoms with E-state index in [2.05, 4.69) is 18.0 Å². The van der Waals surface area contributed by atoms with Crippen molar-refractivity contribution < 1.29 is 4.74 Å². The van der Waals surface area contributed by atoms with Gasteiger partial charge in [0, 0.05) is 5.71 Å². The van der Waals surface area contributed by atoms with Crippen LogP contribution in [0.4, 0.5) is 5.69 Å². The number of nitrogens with zero attached hydrogens (tertiary/aromatic N) is 1. The Morgan fingerprint density at radius 1 is 1.00 bits per heavy atom. The molecule has 0 aromatic heterocycles. The lowest BCUT2D eigenvalue weighted by Crippen LogP contribution is -1.94. The summed E-state index contributed by atoms with van der Waals surface area (Å²) in [6, 6.07) is 16.1. The third kappa shape index (κ3) is 2.77. The second-order valence-electron chi connectivity index (χ2n) is 4.21. The molecule has 2 aromatic carbocycles. The number of methoxy groups -OCH3 is 1. The second kappa shape index (κ2) is 5.50. The summed E-state index contributed by atoms with van der Waals surface area (Å²) in [7, 11) is 1.67. The molecule has 2 aromatic rings. The zero-order valence-electron chi connectivity index (χ0n) is 11.0. The quantitative estimate of drug-likeness (QED) is 0.737. The molecule has 0 spiro atoms. The fourth-order valence-corrected chi connectivity index (χ4v) is 1.77. The van der Waals surface area contributed by atoms with Crippen molar-refractivity contribution in [2.75, 3.05) is 7.11 Å². The van der Waals surface area contributed by atoms with Crippen molar-refractivity contribution in [2.45, 2.75) is 13.8 Å². The van der Waals surface area contributed by atoms with E-state index in [-0.39, 0.29) is 0 Å². The molecule has 0 N–H and O–H groups in total. The summed E-state index contributed by atoms with van der Waals surface area (Å²) in [5.74, 6) is 0.863. The third-order valence-electron chi connectivity index (χ3n) is 2.91. The third-order valence-corrected chi connectivity index (χ3v) is 2.91. The topological polar surface area (TPSA) is 21.6 Å². The highest BCUT2D eigenvalue weighted by atomic mass is 16.5. The molecule has 18 heavy (non-hydrogen) atoms. The van der Waals surface area contributed by atoms with Crippen LogP contribution >= 0.6 is 0 Å². The Hall–Kier alpha value is -2.09. The van der Waals surface area contributed by atoms with E-state index < -0.39 is 0 Å². The summed E-state index contributed by atoms with van der Waals surface area (Å²) >= 11 is 0. The first-order chi connectivity index (χ1) is 8.70. The molecular formula is C16H17NO. The lowest BCUT2D eigenvalue weighted by atomic mass is 10.1. The van der Waals surface area contributed by atoms with E-state index in [4.69, 9.17) is 4.74 Å². The Morgan fingerprint density at radius 2 is 1.67 bits per heavy atom. The van der Waals surface area contributed by atoms with Crippen LogP contribution in [-0.2, 0) is 0 Å². The van der Waals surface area contributed by atoms with Crippen molar-refractivity contribution in [1.82, 2.24) is 0 Å². The molecule has 0 aliphatic heterocycles. The predicted molar refractivity (Wildman–Crippen MR) is 76.0 cm³/mol. The fourth-order valence-electron chi connectivity index (χ4n) is 1.77. The monoisotopic (exact) mass is 239 g/mol. The number of hydrogen-bond donors (Lipinski definition) is 0. The van der Waals surface area contributed by atoms with Gasteiger partial charge in [-0.25, -0.2) is 0 Å². The van der Waals surface area contributed by atoms with Crippen LogP contribution in [0.3, 0.4) is 0 Å². The van der Waals surface area contributed by atoms with Crippen molar-refractivity contribution in [1.29, 1.82) is 0 Å². The van der Waals surface area contributed by atoms with Crippen molar-refractivity contribution in [3.63, 3.8) is 0 Å². The maximum Gasteiger partial charge on any atom is 0.118 e. The van der Waals surface area contributed by atoms with E-state index in [9.17, 15) is 0 Å². The molecule has 0 atom stereocenters. The van der Waals surface area contributed by atoms with Gasteiger partial charge in [0.15, 0.2) is 0 Å². The van der Waals surface area contributed by atoms with E-state index in [1.165, 1.54) is 5.56 Å². The lowest BCUT2D eigenvalue weighted by molar-refractivity contribution is 0.415. The minimum absolute atomic E-state index is 0.863. The van der Waals surface area contributed by atoms with Crippen LogP contribution in [0.5, 0.6) is 5.75 Å². The zero-order chi connectivity index (χ0) is 13.0. The lowest BCUT2D eigenvalue weighted by Gasteiger charge is -2.05. The summed E-state index contributed by atoms with van der Waals surface area (Å²) in [4.78, 5) is 4.66. The number of para-hydroxylation sites is 1. The van der Waals surface area contributed by atoms with Gasteiger partial charge in [0.1, 0.15) is 5.75 Å². The number of benzene rings is 2. The van der Waals surface area contributed by atoms with Gasteiger partial charge in [0.05, 0.1) is 12.8 Å². The molecule has 0 amide bonds.